The molecule has 154 valence electrons. The van der Waals surface area contributed by atoms with Crippen LogP contribution in [0.3, 0.4) is 0 Å². The molecule has 0 saturated heterocycles. The monoisotopic (exact) mass is 395 g/mol. The minimum atomic E-state index is 0.474. The highest BCUT2D eigenvalue weighted by atomic mass is 16.5. The fraction of sp³-hybridized carbons (Fsp3) is 0.500. The van der Waals surface area contributed by atoms with Crippen molar-refractivity contribution in [2.45, 2.75) is 65.6 Å². The fourth-order valence-electron chi connectivity index (χ4n) is 3.73. The third kappa shape index (κ3) is 4.85. The first kappa shape index (κ1) is 19.6. The lowest BCUT2D eigenvalue weighted by molar-refractivity contribution is 0.301. The summed E-state index contributed by atoms with van der Waals surface area (Å²) >= 11 is 0. The lowest BCUT2D eigenvalue weighted by Gasteiger charge is -2.09. The largest absolute Gasteiger partial charge is 0.489 e. The quantitative estimate of drug-likeness (QED) is 0.588. The normalized spacial score (nSPS) is 13.9. The molecule has 3 aromatic rings. The summed E-state index contributed by atoms with van der Waals surface area (Å²) in [5.74, 6) is 3.93. The van der Waals surface area contributed by atoms with E-state index in [1.165, 1.54) is 24.8 Å². The van der Waals surface area contributed by atoms with Crippen LogP contribution in [0.15, 0.2) is 28.8 Å². The van der Waals surface area contributed by atoms with Gasteiger partial charge in [0.05, 0.1) is 11.3 Å². The van der Waals surface area contributed by atoms with Crippen LogP contribution in [0.25, 0.3) is 0 Å². The molecule has 0 unspecified atom stereocenters. The third-order valence-electron chi connectivity index (χ3n) is 5.53. The number of nitrogens with one attached hydrogen (secondary N) is 1. The summed E-state index contributed by atoms with van der Waals surface area (Å²) in [6.45, 7) is 7.09. The Morgan fingerprint density at radius 2 is 1.97 bits per heavy atom. The van der Waals surface area contributed by atoms with Gasteiger partial charge in [0.2, 0.25) is 0 Å². The predicted molar refractivity (Wildman–Crippen MR) is 110 cm³/mol. The van der Waals surface area contributed by atoms with Crippen molar-refractivity contribution < 1.29 is 9.26 Å². The number of benzene rings is 1. The molecule has 0 atom stereocenters. The molecule has 1 aliphatic rings. The van der Waals surface area contributed by atoms with Crippen molar-refractivity contribution in [3.05, 3.63) is 58.5 Å². The summed E-state index contributed by atoms with van der Waals surface area (Å²) in [5.41, 5.74) is 3.13. The van der Waals surface area contributed by atoms with Crippen LogP contribution in [0, 0.1) is 13.8 Å². The highest BCUT2D eigenvalue weighted by molar-refractivity contribution is 5.28. The van der Waals surface area contributed by atoms with E-state index >= 15 is 0 Å². The van der Waals surface area contributed by atoms with Crippen LogP contribution in [0.5, 0.6) is 5.75 Å². The lowest BCUT2D eigenvalue weighted by Crippen LogP contribution is -2.19. The van der Waals surface area contributed by atoms with Gasteiger partial charge in [-0.1, -0.05) is 23.7 Å². The van der Waals surface area contributed by atoms with E-state index in [-0.39, 0.29) is 0 Å². The minimum Gasteiger partial charge on any atom is -0.489 e. The first-order valence-electron chi connectivity index (χ1n) is 10.5. The second-order valence-electron chi connectivity index (χ2n) is 7.66. The van der Waals surface area contributed by atoms with E-state index < -0.39 is 0 Å². The van der Waals surface area contributed by atoms with Crippen molar-refractivity contribution in [2.24, 2.45) is 0 Å². The van der Waals surface area contributed by atoms with Crippen molar-refractivity contribution in [1.29, 1.82) is 0 Å². The number of aryl methyl sites for hydroxylation is 3. The zero-order valence-corrected chi connectivity index (χ0v) is 17.3. The van der Waals surface area contributed by atoms with E-state index in [4.69, 9.17) is 9.26 Å². The highest BCUT2D eigenvalue weighted by Crippen LogP contribution is 2.18. The zero-order chi connectivity index (χ0) is 20.1. The van der Waals surface area contributed by atoms with E-state index in [1.54, 1.807) is 0 Å². The van der Waals surface area contributed by atoms with E-state index in [0.717, 1.165) is 66.9 Å². The summed E-state index contributed by atoms with van der Waals surface area (Å²) in [6.07, 6.45) is 5.72. The summed E-state index contributed by atoms with van der Waals surface area (Å²) in [5, 5.41) is 16.2. The number of nitrogens with zero attached hydrogens (tertiary/aromatic N) is 4. The van der Waals surface area contributed by atoms with Gasteiger partial charge in [-0.05, 0) is 44.4 Å². The molecular weight excluding hydrogens is 366 g/mol. The molecule has 0 bridgehead atoms. The zero-order valence-electron chi connectivity index (χ0n) is 17.3. The first-order valence-corrected chi connectivity index (χ1v) is 10.5. The van der Waals surface area contributed by atoms with Crippen LogP contribution < -0.4 is 10.1 Å². The number of fused-ring (bicyclic) bond motifs is 1. The van der Waals surface area contributed by atoms with Gasteiger partial charge in [-0.2, -0.15) is 0 Å². The van der Waals surface area contributed by atoms with Crippen LogP contribution >= 0.6 is 0 Å². The van der Waals surface area contributed by atoms with Gasteiger partial charge in [0, 0.05) is 32.5 Å². The maximum absolute atomic E-state index is 5.87. The van der Waals surface area contributed by atoms with E-state index in [9.17, 15) is 0 Å². The van der Waals surface area contributed by atoms with E-state index in [2.05, 4.69) is 37.4 Å². The van der Waals surface area contributed by atoms with E-state index in [1.807, 2.05) is 26.0 Å². The maximum Gasteiger partial charge on any atom is 0.140 e. The first-order chi connectivity index (χ1) is 14.2. The van der Waals surface area contributed by atoms with Crippen molar-refractivity contribution in [1.82, 2.24) is 25.2 Å². The van der Waals surface area contributed by atoms with Crippen molar-refractivity contribution in [3.8, 4) is 5.75 Å². The number of aromatic nitrogens is 4. The fourth-order valence-corrected chi connectivity index (χ4v) is 3.73. The molecule has 0 spiro atoms. The molecule has 0 saturated carbocycles. The van der Waals surface area contributed by atoms with Gasteiger partial charge in [0.25, 0.3) is 0 Å². The second kappa shape index (κ2) is 9.22. The summed E-state index contributed by atoms with van der Waals surface area (Å²) in [7, 11) is 0. The SMILES string of the molecule is Cc1noc(C)c1COc1ccc(CNCCc2nnc3n2CCCCC3)cc1. The summed E-state index contributed by atoms with van der Waals surface area (Å²) in [4.78, 5) is 0. The molecule has 0 amide bonds. The van der Waals surface area contributed by atoms with Crippen LogP contribution in [0.1, 0.15) is 53.5 Å². The molecule has 7 nitrogen and oxygen atoms in total. The second-order valence-corrected chi connectivity index (χ2v) is 7.66. The molecule has 29 heavy (non-hydrogen) atoms. The van der Waals surface area contributed by atoms with Crippen LogP contribution in [0.2, 0.25) is 0 Å². The highest BCUT2D eigenvalue weighted by Gasteiger charge is 2.14. The third-order valence-corrected chi connectivity index (χ3v) is 5.53. The molecular formula is C22H29N5O2. The Morgan fingerprint density at radius 3 is 2.76 bits per heavy atom. The summed E-state index contributed by atoms with van der Waals surface area (Å²) in [6, 6.07) is 8.21. The molecule has 3 heterocycles. The molecule has 7 heteroatoms. The van der Waals surface area contributed by atoms with Gasteiger partial charge >= 0.3 is 0 Å². The molecule has 1 aromatic carbocycles. The molecule has 0 aliphatic carbocycles. The summed E-state index contributed by atoms with van der Waals surface area (Å²) < 4.78 is 13.4. The maximum atomic E-state index is 5.87. The number of hydrogen-bond acceptors (Lipinski definition) is 6. The van der Waals surface area contributed by atoms with Gasteiger partial charge in [-0.3, -0.25) is 0 Å². The Bertz CT molecular complexity index is 910. The Hall–Kier alpha value is -2.67. The van der Waals surface area contributed by atoms with Gasteiger partial charge in [0.15, 0.2) is 0 Å². The van der Waals surface area contributed by atoms with Crippen LogP contribution in [0.4, 0.5) is 0 Å². The molecule has 0 fully saturated rings. The lowest BCUT2D eigenvalue weighted by atomic mass is 10.2. The van der Waals surface area contributed by atoms with Gasteiger partial charge in [0.1, 0.15) is 29.8 Å². The molecule has 1 N–H and O–H groups in total. The average Bonchev–Trinajstić information content (AvgIpc) is 3.16. The van der Waals surface area contributed by atoms with Gasteiger partial charge < -0.3 is 19.1 Å². The Morgan fingerprint density at radius 1 is 1.10 bits per heavy atom. The van der Waals surface area contributed by atoms with Crippen molar-refractivity contribution in [3.63, 3.8) is 0 Å². The Kier molecular flexibility index (Phi) is 6.24. The minimum absolute atomic E-state index is 0.474. The number of rotatable bonds is 8. The molecule has 4 rings (SSSR count). The van der Waals surface area contributed by atoms with Crippen LogP contribution in [-0.2, 0) is 32.5 Å². The topological polar surface area (TPSA) is 78.0 Å². The predicted octanol–water partition coefficient (Wildman–Crippen LogP) is 3.52. The van der Waals surface area contributed by atoms with Gasteiger partial charge in [-0.15, -0.1) is 10.2 Å². The van der Waals surface area contributed by atoms with Gasteiger partial charge in [-0.25, -0.2) is 0 Å². The standard InChI is InChI=1S/C22H29N5O2/c1-16-20(17(2)29-26-16)15-28-19-9-7-18(8-10-19)14-23-12-11-22-25-24-21-6-4-3-5-13-27(21)22/h7-10,23H,3-6,11-15H2,1-2H3. The smallest absolute Gasteiger partial charge is 0.140 e. The molecule has 2 aromatic heterocycles. The number of ether oxygens (including phenoxy) is 1. The Balaban J connectivity index is 1.22. The van der Waals surface area contributed by atoms with Crippen LogP contribution in [-0.4, -0.2) is 26.5 Å². The van der Waals surface area contributed by atoms with E-state index in [0.29, 0.717) is 6.61 Å². The van der Waals surface area contributed by atoms with Crippen molar-refractivity contribution >= 4 is 0 Å². The average molecular weight is 396 g/mol. The number of hydrogen-bond donors (Lipinski definition) is 1. The molecule has 0 radical (unpaired) electrons. The van der Waals surface area contributed by atoms with Crippen molar-refractivity contribution in [2.75, 3.05) is 6.54 Å². The molecule has 1 aliphatic heterocycles. The Labute approximate surface area is 171 Å².